The molecule has 0 radical (unpaired) electrons. The SMILES string of the molecule is CSCCCN(C)CCN(C)C. The molecule has 0 saturated carbocycles. The van der Waals surface area contributed by atoms with E-state index in [1.165, 1.54) is 25.3 Å². The highest BCUT2D eigenvalue weighted by Gasteiger charge is 1.97. The molecule has 0 bridgehead atoms. The highest BCUT2D eigenvalue weighted by atomic mass is 32.2. The zero-order valence-corrected chi connectivity index (χ0v) is 9.65. The molecule has 0 fully saturated rings. The van der Waals surface area contributed by atoms with Gasteiger partial charge in [-0.1, -0.05) is 0 Å². The molecule has 0 N–H and O–H groups in total. The molecule has 0 aromatic rings. The third-order valence-corrected chi connectivity index (χ3v) is 2.51. The molecule has 0 spiro atoms. The van der Waals surface area contributed by atoms with Crippen LogP contribution >= 0.6 is 11.8 Å². The molecule has 0 heterocycles. The fourth-order valence-electron chi connectivity index (χ4n) is 0.961. The molecule has 0 unspecified atom stereocenters. The number of rotatable bonds is 7. The monoisotopic (exact) mass is 190 g/mol. The van der Waals surface area contributed by atoms with Crippen LogP contribution in [-0.2, 0) is 0 Å². The second kappa shape index (κ2) is 7.90. The van der Waals surface area contributed by atoms with E-state index in [4.69, 9.17) is 0 Å². The summed E-state index contributed by atoms with van der Waals surface area (Å²) in [5.74, 6) is 1.28. The molecule has 0 aliphatic rings. The minimum absolute atomic E-state index is 1.16. The second-order valence-corrected chi connectivity index (χ2v) is 4.44. The summed E-state index contributed by atoms with van der Waals surface area (Å²) in [7, 11) is 6.44. The highest BCUT2D eigenvalue weighted by molar-refractivity contribution is 7.98. The van der Waals surface area contributed by atoms with Gasteiger partial charge in [0, 0.05) is 13.1 Å². The summed E-state index contributed by atoms with van der Waals surface area (Å²) in [5.41, 5.74) is 0. The van der Waals surface area contributed by atoms with Gasteiger partial charge in [-0.3, -0.25) is 0 Å². The second-order valence-electron chi connectivity index (χ2n) is 3.45. The number of hydrogen-bond donors (Lipinski definition) is 0. The largest absolute Gasteiger partial charge is 0.308 e. The van der Waals surface area contributed by atoms with E-state index in [2.05, 4.69) is 37.2 Å². The molecule has 2 nitrogen and oxygen atoms in total. The third kappa shape index (κ3) is 8.37. The Morgan fingerprint density at radius 2 is 1.67 bits per heavy atom. The molecule has 3 heteroatoms. The predicted octanol–water partition coefficient (Wildman–Crippen LogP) is 1.23. The third-order valence-electron chi connectivity index (χ3n) is 1.82. The van der Waals surface area contributed by atoms with Crippen LogP contribution in [0.4, 0.5) is 0 Å². The molecule has 0 aliphatic heterocycles. The van der Waals surface area contributed by atoms with Crippen molar-refractivity contribution in [1.82, 2.24) is 9.80 Å². The van der Waals surface area contributed by atoms with Gasteiger partial charge in [0.2, 0.25) is 0 Å². The van der Waals surface area contributed by atoms with Gasteiger partial charge in [0.15, 0.2) is 0 Å². The van der Waals surface area contributed by atoms with E-state index in [-0.39, 0.29) is 0 Å². The smallest absolute Gasteiger partial charge is 0.0106 e. The quantitative estimate of drug-likeness (QED) is 0.558. The maximum atomic E-state index is 2.40. The van der Waals surface area contributed by atoms with Crippen LogP contribution in [0.2, 0.25) is 0 Å². The van der Waals surface area contributed by atoms with Crippen molar-refractivity contribution in [3.05, 3.63) is 0 Å². The zero-order chi connectivity index (χ0) is 9.40. The highest BCUT2D eigenvalue weighted by Crippen LogP contribution is 1.96. The summed E-state index contributed by atoms with van der Waals surface area (Å²) in [4.78, 5) is 4.63. The molecule has 0 rings (SSSR count). The Morgan fingerprint density at radius 3 is 2.17 bits per heavy atom. The number of thioether (sulfide) groups is 1. The summed E-state index contributed by atoms with van der Waals surface area (Å²) >= 11 is 1.93. The summed E-state index contributed by atoms with van der Waals surface area (Å²) in [6.45, 7) is 3.58. The van der Waals surface area contributed by atoms with Crippen molar-refractivity contribution in [1.29, 1.82) is 0 Å². The average molecular weight is 190 g/mol. The molecule has 0 amide bonds. The van der Waals surface area contributed by atoms with E-state index < -0.39 is 0 Å². The van der Waals surface area contributed by atoms with Crippen LogP contribution in [0.3, 0.4) is 0 Å². The van der Waals surface area contributed by atoms with E-state index in [0.717, 1.165) is 6.54 Å². The van der Waals surface area contributed by atoms with E-state index in [9.17, 15) is 0 Å². The summed E-state index contributed by atoms with van der Waals surface area (Å²) < 4.78 is 0. The summed E-state index contributed by atoms with van der Waals surface area (Å²) in [5, 5.41) is 0. The van der Waals surface area contributed by atoms with Gasteiger partial charge in [-0.25, -0.2) is 0 Å². The summed E-state index contributed by atoms with van der Waals surface area (Å²) in [6, 6.07) is 0. The number of likely N-dealkylation sites (N-methyl/N-ethyl adjacent to an activating group) is 2. The Labute approximate surface area is 81.3 Å². The van der Waals surface area contributed by atoms with Gasteiger partial charge in [0.05, 0.1) is 0 Å². The van der Waals surface area contributed by atoms with Gasteiger partial charge in [-0.05, 0) is 46.1 Å². The molecular weight excluding hydrogens is 168 g/mol. The zero-order valence-electron chi connectivity index (χ0n) is 8.84. The Bertz CT molecular complexity index is 96.5. The molecule has 0 saturated heterocycles. The maximum Gasteiger partial charge on any atom is 0.0106 e. The van der Waals surface area contributed by atoms with Crippen molar-refractivity contribution in [2.75, 3.05) is 52.8 Å². The van der Waals surface area contributed by atoms with Crippen LogP contribution in [-0.4, -0.2) is 62.6 Å². The number of nitrogens with zero attached hydrogens (tertiary/aromatic N) is 2. The van der Waals surface area contributed by atoms with Gasteiger partial charge < -0.3 is 9.80 Å². The first kappa shape index (κ1) is 12.3. The molecule has 74 valence electrons. The van der Waals surface area contributed by atoms with Crippen molar-refractivity contribution >= 4 is 11.8 Å². The molecule has 12 heavy (non-hydrogen) atoms. The molecule has 0 aromatic carbocycles. The fraction of sp³-hybridized carbons (Fsp3) is 1.00. The minimum Gasteiger partial charge on any atom is -0.308 e. The van der Waals surface area contributed by atoms with Crippen molar-refractivity contribution in [2.24, 2.45) is 0 Å². The first-order chi connectivity index (χ1) is 5.66. The van der Waals surface area contributed by atoms with E-state index in [0.29, 0.717) is 0 Å². The Kier molecular flexibility index (Phi) is 8.07. The van der Waals surface area contributed by atoms with Crippen LogP contribution in [0.15, 0.2) is 0 Å². The van der Waals surface area contributed by atoms with Crippen molar-refractivity contribution < 1.29 is 0 Å². The van der Waals surface area contributed by atoms with Gasteiger partial charge in [0.1, 0.15) is 0 Å². The van der Waals surface area contributed by atoms with Crippen molar-refractivity contribution in [2.45, 2.75) is 6.42 Å². The Balaban J connectivity index is 3.15. The standard InChI is InChI=1S/C9H22N2S/c1-10(2)7-8-11(3)6-5-9-12-4/h5-9H2,1-4H3. The van der Waals surface area contributed by atoms with Gasteiger partial charge in [-0.15, -0.1) is 0 Å². The lowest BCUT2D eigenvalue weighted by molar-refractivity contribution is 0.283. The first-order valence-corrected chi connectivity index (χ1v) is 5.88. The topological polar surface area (TPSA) is 6.48 Å². The van der Waals surface area contributed by atoms with E-state index in [1.54, 1.807) is 0 Å². The molecule has 0 atom stereocenters. The first-order valence-electron chi connectivity index (χ1n) is 4.49. The van der Waals surface area contributed by atoms with Gasteiger partial charge in [0.25, 0.3) is 0 Å². The van der Waals surface area contributed by atoms with Crippen molar-refractivity contribution in [3.8, 4) is 0 Å². The average Bonchev–Trinajstić information content (AvgIpc) is 2.01. The van der Waals surface area contributed by atoms with Crippen LogP contribution in [0.25, 0.3) is 0 Å². The lowest BCUT2D eigenvalue weighted by atomic mass is 10.4. The molecule has 0 aromatic heterocycles. The van der Waals surface area contributed by atoms with E-state index in [1.807, 2.05) is 11.8 Å². The maximum absolute atomic E-state index is 2.40. The fourth-order valence-corrected chi connectivity index (χ4v) is 1.38. The normalized spacial score (nSPS) is 11.5. The van der Waals surface area contributed by atoms with Crippen LogP contribution in [0, 0.1) is 0 Å². The van der Waals surface area contributed by atoms with Gasteiger partial charge >= 0.3 is 0 Å². The number of hydrogen-bond acceptors (Lipinski definition) is 3. The van der Waals surface area contributed by atoms with Crippen LogP contribution in [0.1, 0.15) is 6.42 Å². The minimum atomic E-state index is 1.16. The van der Waals surface area contributed by atoms with Gasteiger partial charge in [-0.2, -0.15) is 11.8 Å². The van der Waals surface area contributed by atoms with E-state index >= 15 is 0 Å². The molecule has 0 aliphatic carbocycles. The molecular formula is C9H22N2S. The lowest BCUT2D eigenvalue weighted by Gasteiger charge is -2.18. The van der Waals surface area contributed by atoms with Crippen LogP contribution < -0.4 is 0 Å². The predicted molar refractivity (Wildman–Crippen MR) is 59.1 cm³/mol. The summed E-state index contributed by atoms with van der Waals surface area (Å²) in [6.07, 6.45) is 3.48. The Hall–Kier alpha value is 0.270. The Morgan fingerprint density at radius 1 is 1.00 bits per heavy atom. The lowest BCUT2D eigenvalue weighted by Crippen LogP contribution is -2.29. The van der Waals surface area contributed by atoms with Crippen molar-refractivity contribution in [3.63, 3.8) is 0 Å². The van der Waals surface area contributed by atoms with Crippen LogP contribution in [0.5, 0.6) is 0 Å².